The van der Waals surface area contributed by atoms with Gasteiger partial charge in [-0.15, -0.1) is 0 Å². The molecule has 0 saturated heterocycles. The minimum atomic E-state index is -0.345. The molecule has 2 heteroatoms. The second kappa shape index (κ2) is 7.06. The van der Waals surface area contributed by atoms with Crippen molar-refractivity contribution in [1.82, 2.24) is 0 Å². The molecule has 0 unspecified atom stereocenters. The van der Waals surface area contributed by atoms with Crippen molar-refractivity contribution in [3.63, 3.8) is 0 Å². The van der Waals surface area contributed by atoms with Gasteiger partial charge in [0.25, 0.3) is 0 Å². The summed E-state index contributed by atoms with van der Waals surface area (Å²) in [7, 11) is 0. The Labute approximate surface area is 207 Å². The van der Waals surface area contributed by atoms with Crippen LogP contribution in [0.5, 0.6) is 0 Å². The number of benzene rings is 5. The number of halogens is 1. The first-order chi connectivity index (χ1) is 16.3. The zero-order valence-corrected chi connectivity index (χ0v) is 20.0. The van der Waals surface area contributed by atoms with E-state index in [1.807, 2.05) is 0 Å². The van der Waals surface area contributed by atoms with Gasteiger partial charge in [0, 0.05) is 9.26 Å². The smallest absolute Gasteiger partial charge is 0.0764 e. The van der Waals surface area contributed by atoms with Crippen LogP contribution in [0.25, 0.3) is 11.1 Å². The van der Waals surface area contributed by atoms with Crippen LogP contribution in [0, 0.1) is 3.57 Å². The van der Waals surface area contributed by atoms with Gasteiger partial charge >= 0.3 is 0 Å². The second-order valence-corrected chi connectivity index (χ2v) is 9.83. The zero-order chi connectivity index (χ0) is 22.0. The molecule has 1 spiro atoms. The Hall–Kier alpha value is -3.37. The quantitative estimate of drug-likeness (QED) is 0.192. The molecule has 2 aliphatic rings. The number of nitrogens with zero attached hydrogens (tertiary/aromatic N) is 1. The summed E-state index contributed by atoms with van der Waals surface area (Å²) in [6, 6.07) is 44.3. The van der Waals surface area contributed by atoms with E-state index in [0.717, 1.165) is 0 Å². The predicted octanol–water partition coefficient (Wildman–Crippen LogP) is 8.44. The van der Waals surface area contributed by atoms with Crippen molar-refractivity contribution in [2.75, 3.05) is 4.90 Å². The highest BCUT2D eigenvalue weighted by atomic mass is 127. The molecule has 1 nitrogen and oxygen atoms in total. The lowest BCUT2D eigenvalue weighted by Gasteiger charge is -2.45. The summed E-state index contributed by atoms with van der Waals surface area (Å²) >= 11 is 2.54. The van der Waals surface area contributed by atoms with Crippen LogP contribution >= 0.6 is 22.6 Å². The maximum atomic E-state index is 2.54. The van der Waals surface area contributed by atoms with Crippen LogP contribution in [0.4, 0.5) is 17.1 Å². The zero-order valence-electron chi connectivity index (χ0n) is 17.9. The van der Waals surface area contributed by atoms with E-state index < -0.39 is 0 Å². The van der Waals surface area contributed by atoms with Gasteiger partial charge in [-0.3, -0.25) is 0 Å². The third-order valence-electron chi connectivity index (χ3n) is 7.12. The van der Waals surface area contributed by atoms with Gasteiger partial charge in [-0.1, -0.05) is 91.0 Å². The molecule has 0 fully saturated rings. The molecular formula is C31H20IN. The highest BCUT2D eigenvalue weighted by molar-refractivity contribution is 14.1. The van der Waals surface area contributed by atoms with Crippen LogP contribution in [0.3, 0.4) is 0 Å². The highest BCUT2D eigenvalue weighted by Gasteiger charge is 2.52. The van der Waals surface area contributed by atoms with Crippen LogP contribution < -0.4 is 4.90 Å². The van der Waals surface area contributed by atoms with Crippen LogP contribution in [-0.2, 0) is 5.41 Å². The molecule has 1 aliphatic carbocycles. The summed E-state index contributed by atoms with van der Waals surface area (Å²) in [5.74, 6) is 0. The Kier molecular flexibility index (Phi) is 4.09. The number of rotatable bonds is 1. The number of para-hydroxylation sites is 3. The van der Waals surface area contributed by atoms with Crippen molar-refractivity contribution in [3.8, 4) is 11.1 Å². The molecule has 0 N–H and O–H groups in total. The van der Waals surface area contributed by atoms with Gasteiger partial charge in [0.1, 0.15) is 0 Å². The minimum Gasteiger partial charge on any atom is -0.310 e. The Bertz CT molecular complexity index is 1490. The summed E-state index contributed by atoms with van der Waals surface area (Å²) in [5, 5.41) is 0. The largest absolute Gasteiger partial charge is 0.310 e. The normalized spacial score (nSPS) is 14.4. The Morgan fingerprint density at radius 2 is 1.03 bits per heavy atom. The van der Waals surface area contributed by atoms with E-state index in [-0.39, 0.29) is 5.41 Å². The first kappa shape index (κ1) is 19.1. The fourth-order valence-electron chi connectivity index (χ4n) is 5.97. The maximum absolute atomic E-state index is 2.54. The van der Waals surface area contributed by atoms with Crippen LogP contribution in [-0.4, -0.2) is 0 Å². The number of anilines is 3. The lowest BCUT2D eigenvalue weighted by atomic mass is 9.64. The minimum absolute atomic E-state index is 0.345. The molecular weight excluding hydrogens is 513 g/mol. The first-order valence-electron chi connectivity index (χ1n) is 11.2. The third-order valence-corrected chi connectivity index (χ3v) is 8.02. The average Bonchev–Trinajstić information content (AvgIpc) is 3.18. The van der Waals surface area contributed by atoms with Gasteiger partial charge in [0.05, 0.1) is 16.8 Å². The lowest BCUT2D eigenvalue weighted by Crippen LogP contribution is -2.36. The molecule has 0 amide bonds. The topological polar surface area (TPSA) is 3.24 Å². The molecule has 5 aromatic carbocycles. The first-order valence-corrected chi connectivity index (χ1v) is 12.3. The molecule has 0 radical (unpaired) electrons. The number of fused-ring (bicyclic) bond motifs is 9. The van der Waals surface area contributed by atoms with Gasteiger partial charge in [0.15, 0.2) is 0 Å². The van der Waals surface area contributed by atoms with Gasteiger partial charge < -0.3 is 4.90 Å². The molecule has 1 heterocycles. The van der Waals surface area contributed by atoms with Gasteiger partial charge in [-0.25, -0.2) is 0 Å². The van der Waals surface area contributed by atoms with Crippen molar-refractivity contribution in [3.05, 3.63) is 147 Å². The van der Waals surface area contributed by atoms with Crippen molar-refractivity contribution in [1.29, 1.82) is 0 Å². The number of hydrogen-bond acceptors (Lipinski definition) is 1. The summed E-state index contributed by atoms with van der Waals surface area (Å²) in [6.07, 6.45) is 0. The maximum Gasteiger partial charge on any atom is 0.0764 e. The lowest BCUT2D eigenvalue weighted by molar-refractivity contribution is 0.748. The summed E-state index contributed by atoms with van der Waals surface area (Å²) in [6.45, 7) is 0. The van der Waals surface area contributed by atoms with Crippen molar-refractivity contribution >= 4 is 39.7 Å². The SMILES string of the molecule is Ic1cccc2c1C1(c3ccccc3-2)c2ccccc2N(c2ccccc2)c2ccccc21. The summed E-state index contributed by atoms with van der Waals surface area (Å²) in [5.41, 5.74) is 11.4. The molecule has 0 aromatic heterocycles. The van der Waals surface area contributed by atoms with E-state index in [2.05, 4.69) is 149 Å². The molecule has 0 atom stereocenters. The molecule has 156 valence electrons. The predicted molar refractivity (Wildman–Crippen MR) is 145 cm³/mol. The van der Waals surface area contributed by atoms with Crippen LogP contribution in [0.1, 0.15) is 22.3 Å². The third kappa shape index (κ3) is 2.42. The van der Waals surface area contributed by atoms with Crippen LogP contribution in [0.2, 0.25) is 0 Å². The fraction of sp³-hybridized carbons (Fsp3) is 0.0323. The molecule has 5 aromatic rings. The Morgan fingerprint density at radius 1 is 0.485 bits per heavy atom. The molecule has 7 rings (SSSR count). The molecule has 33 heavy (non-hydrogen) atoms. The van der Waals surface area contributed by atoms with Crippen molar-refractivity contribution < 1.29 is 0 Å². The van der Waals surface area contributed by atoms with E-state index >= 15 is 0 Å². The second-order valence-electron chi connectivity index (χ2n) is 8.66. The molecule has 0 bridgehead atoms. The fourth-order valence-corrected chi connectivity index (χ4v) is 6.87. The van der Waals surface area contributed by atoms with Gasteiger partial charge in [-0.2, -0.15) is 0 Å². The molecule has 0 saturated carbocycles. The van der Waals surface area contributed by atoms with Crippen molar-refractivity contribution in [2.45, 2.75) is 5.41 Å². The Morgan fingerprint density at radius 3 is 1.73 bits per heavy atom. The monoisotopic (exact) mass is 533 g/mol. The van der Waals surface area contributed by atoms with E-state index in [0.29, 0.717) is 0 Å². The Balaban J connectivity index is 1.69. The molecule has 1 aliphatic heterocycles. The highest BCUT2D eigenvalue weighted by Crippen LogP contribution is 2.63. The number of hydrogen-bond donors (Lipinski definition) is 0. The summed E-state index contributed by atoms with van der Waals surface area (Å²) < 4.78 is 1.30. The van der Waals surface area contributed by atoms with E-state index in [4.69, 9.17) is 0 Å². The van der Waals surface area contributed by atoms with Gasteiger partial charge in [-0.05, 0) is 86.3 Å². The van der Waals surface area contributed by atoms with Gasteiger partial charge in [0.2, 0.25) is 0 Å². The summed E-state index contributed by atoms with van der Waals surface area (Å²) in [4.78, 5) is 2.42. The van der Waals surface area contributed by atoms with E-state index in [1.54, 1.807) is 0 Å². The average molecular weight is 533 g/mol. The van der Waals surface area contributed by atoms with E-state index in [9.17, 15) is 0 Å². The van der Waals surface area contributed by atoms with Crippen molar-refractivity contribution in [2.24, 2.45) is 0 Å². The van der Waals surface area contributed by atoms with Crippen LogP contribution in [0.15, 0.2) is 121 Å². The van der Waals surface area contributed by atoms with E-state index in [1.165, 1.54) is 54.0 Å². The standard InChI is InChI=1S/C31H20IN/c32-27-18-10-14-23-22-13-4-5-15-24(22)31(30(23)27)25-16-6-8-19-28(25)33(21-11-2-1-3-12-21)29-20-9-7-17-26(29)31/h1-20H.